The number of hydrogen-bond acceptors (Lipinski definition) is 5. The Kier molecular flexibility index (Phi) is 5.97. The van der Waals surface area contributed by atoms with Crippen molar-refractivity contribution in [2.75, 3.05) is 20.3 Å². The van der Waals surface area contributed by atoms with Gasteiger partial charge in [0.2, 0.25) is 5.91 Å². The maximum absolute atomic E-state index is 12.6. The van der Waals surface area contributed by atoms with E-state index in [9.17, 15) is 9.59 Å². The molecule has 2 N–H and O–H groups in total. The van der Waals surface area contributed by atoms with E-state index in [1.54, 1.807) is 6.92 Å². The molecule has 2 aromatic rings. The van der Waals surface area contributed by atoms with Gasteiger partial charge >= 0.3 is 0 Å². The van der Waals surface area contributed by atoms with Crippen molar-refractivity contribution in [1.82, 2.24) is 14.9 Å². The van der Waals surface area contributed by atoms with Crippen LogP contribution in [0.4, 0.5) is 0 Å². The lowest BCUT2D eigenvalue weighted by Crippen LogP contribution is -2.47. The van der Waals surface area contributed by atoms with Crippen molar-refractivity contribution in [3.8, 4) is 11.4 Å². The molecule has 1 aromatic heterocycles. The van der Waals surface area contributed by atoms with Crippen LogP contribution in [0.15, 0.2) is 42.7 Å². The number of nitrogens with two attached hydrogens (primary N) is 1. The molecule has 0 unspecified atom stereocenters. The molecule has 0 saturated carbocycles. The number of benzene rings is 1. The van der Waals surface area contributed by atoms with Crippen LogP contribution >= 0.6 is 0 Å². The molecule has 1 heterocycles. The fourth-order valence-corrected chi connectivity index (χ4v) is 2.15. The van der Waals surface area contributed by atoms with Gasteiger partial charge in [0.1, 0.15) is 6.04 Å². The standard InChI is InChI=1S/C17H20N4O3/c1-12(15(18)22)21(8-9-24-2)17(23)14-10-19-16(20-11-14)13-6-4-3-5-7-13/h3-7,10-12H,8-9H2,1-2H3,(H2,18,22)/t12-/m0/s1. The van der Waals surface area contributed by atoms with E-state index in [0.29, 0.717) is 18.0 Å². The molecule has 1 atom stereocenters. The summed E-state index contributed by atoms with van der Waals surface area (Å²) in [6.45, 7) is 2.13. The Morgan fingerprint density at radius 2 is 1.83 bits per heavy atom. The largest absolute Gasteiger partial charge is 0.383 e. The molecule has 0 spiro atoms. The molecular weight excluding hydrogens is 308 g/mol. The highest BCUT2D eigenvalue weighted by Crippen LogP contribution is 2.14. The monoisotopic (exact) mass is 328 g/mol. The predicted molar refractivity (Wildman–Crippen MR) is 89.0 cm³/mol. The predicted octanol–water partition coefficient (Wildman–Crippen LogP) is 1.11. The average molecular weight is 328 g/mol. The van der Waals surface area contributed by atoms with Crippen LogP contribution < -0.4 is 5.73 Å². The Bertz CT molecular complexity index is 689. The van der Waals surface area contributed by atoms with E-state index in [-0.39, 0.29) is 12.5 Å². The quantitative estimate of drug-likeness (QED) is 0.821. The number of rotatable bonds is 7. The van der Waals surface area contributed by atoms with Crippen molar-refractivity contribution in [1.29, 1.82) is 0 Å². The van der Waals surface area contributed by atoms with Crippen LogP contribution in [0.1, 0.15) is 17.3 Å². The molecule has 0 radical (unpaired) electrons. The number of carbonyl (C=O) groups is 2. The van der Waals surface area contributed by atoms with Crippen LogP contribution in [0.5, 0.6) is 0 Å². The summed E-state index contributed by atoms with van der Waals surface area (Å²) in [4.78, 5) is 33.9. The minimum atomic E-state index is -0.749. The lowest BCUT2D eigenvalue weighted by atomic mass is 10.2. The molecule has 1 aromatic carbocycles. The summed E-state index contributed by atoms with van der Waals surface area (Å²) < 4.78 is 4.99. The summed E-state index contributed by atoms with van der Waals surface area (Å²) >= 11 is 0. The Labute approximate surface area is 140 Å². The maximum Gasteiger partial charge on any atom is 0.257 e. The van der Waals surface area contributed by atoms with Gasteiger partial charge in [-0.1, -0.05) is 30.3 Å². The molecule has 7 heteroatoms. The van der Waals surface area contributed by atoms with Crippen molar-refractivity contribution >= 4 is 11.8 Å². The molecule has 7 nitrogen and oxygen atoms in total. The van der Waals surface area contributed by atoms with Crippen LogP contribution in [0, 0.1) is 0 Å². The van der Waals surface area contributed by atoms with E-state index in [0.717, 1.165) is 5.56 Å². The third-order valence-electron chi connectivity index (χ3n) is 3.61. The molecule has 126 valence electrons. The molecule has 0 saturated heterocycles. The molecule has 0 aliphatic heterocycles. The Hall–Kier alpha value is -2.80. The smallest absolute Gasteiger partial charge is 0.257 e. The number of ether oxygens (including phenoxy) is 1. The van der Waals surface area contributed by atoms with Crippen molar-refractivity contribution in [3.63, 3.8) is 0 Å². The minimum Gasteiger partial charge on any atom is -0.383 e. The van der Waals surface area contributed by atoms with Crippen molar-refractivity contribution in [2.24, 2.45) is 5.73 Å². The lowest BCUT2D eigenvalue weighted by Gasteiger charge is -2.26. The van der Waals surface area contributed by atoms with Crippen molar-refractivity contribution in [2.45, 2.75) is 13.0 Å². The third-order valence-corrected chi connectivity index (χ3v) is 3.61. The molecular formula is C17H20N4O3. The van der Waals surface area contributed by atoms with E-state index in [1.165, 1.54) is 24.4 Å². The molecule has 2 amide bonds. The Balaban J connectivity index is 2.21. The van der Waals surface area contributed by atoms with Gasteiger partial charge in [0.25, 0.3) is 5.91 Å². The van der Waals surface area contributed by atoms with Crippen LogP contribution in [-0.2, 0) is 9.53 Å². The van der Waals surface area contributed by atoms with Crippen LogP contribution in [-0.4, -0.2) is 53.0 Å². The molecule has 0 aliphatic rings. The number of carbonyl (C=O) groups excluding carboxylic acids is 2. The normalized spacial score (nSPS) is 11.8. The van der Waals surface area contributed by atoms with Gasteiger partial charge in [0, 0.05) is 31.6 Å². The van der Waals surface area contributed by atoms with E-state index in [2.05, 4.69) is 9.97 Å². The van der Waals surface area contributed by atoms with Gasteiger partial charge in [-0.25, -0.2) is 9.97 Å². The summed E-state index contributed by atoms with van der Waals surface area (Å²) in [5.74, 6) is -0.419. The minimum absolute atomic E-state index is 0.250. The first-order valence-electron chi connectivity index (χ1n) is 7.51. The number of aromatic nitrogens is 2. The summed E-state index contributed by atoms with van der Waals surface area (Å²) in [5, 5.41) is 0. The highest BCUT2D eigenvalue weighted by Gasteiger charge is 2.25. The summed E-state index contributed by atoms with van der Waals surface area (Å²) in [5.41, 5.74) is 6.47. The average Bonchev–Trinajstić information content (AvgIpc) is 2.62. The van der Waals surface area contributed by atoms with Gasteiger partial charge in [0.05, 0.1) is 12.2 Å². The van der Waals surface area contributed by atoms with Gasteiger partial charge in [-0.3, -0.25) is 9.59 Å². The fourth-order valence-electron chi connectivity index (χ4n) is 2.15. The molecule has 0 aliphatic carbocycles. The first kappa shape index (κ1) is 17.6. The van der Waals surface area contributed by atoms with Gasteiger partial charge in [-0.2, -0.15) is 0 Å². The highest BCUT2D eigenvalue weighted by molar-refractivity contribution is 5.96. The van der Waals surface area contributed by atoms with E-state index in [1.807, 2.05) is 30.3 Å². The third kappa shape index (κ3) is 4.14. The molecule has 0 bridgehead atoms. The number of amides is 2. The number of primary amides is 1. The van der Waals surface area contributed by atoms with Gasteiger partial charge in [-0.05, 0) is 6.92 Å². The first-order valence-corrected chi connectivity index (χ1v) is 7.51. The topological polar surface area (TPSA) is 98.4 Å². The molecule has 0 fully saturated rings. The zero-order valence-corrected chi connectivity index (χ0v) is 13.7. The van der Waals surface area contributed by atoms with Crippen LogP contribution in [0.25, 0.3) is 11.4 Å². The Morgan fingerprint density at radius 3 is 2.38 bits per heavy atom. The summed E-state index contributed by atoms with van der Waals surface area (Å²) in [7, 11) is 1.52. The second-order valence-electron chi connectivity index (χ2n) is 5.23. The van der Waals surface area contributed by atoms with Gasteiger partial charge in [-0.15, -0.1) is 0 Å². The second-order valence-corrected chi connectivity index (χ2v) is 5.23. The Morgan fingerprint density at radius 1 is 1.21 bits per heavy atom. The summed E-state index contributed by atoms with van der Waals surface area (Å²) in [6, 6.07) is 8.70. The first-order chi connectivity index (χ1) is 11.5. The van der Waals surface area contributed by atoms with Gasteiger partial charge < -0.3 is 15.4 Å². The van der Waals surface area contributed by atoms with E-state index < -0.39 is 11.9 Å². The zero-order chi connectivity index (χ0) is 17.5. The van der Waals surface area contributed by atoms with Crippen LogP contribution in [0.2, 0.25) is 0 Å². The lowest BCUT2D eigenvalue weighted by molar-refractivity contribution is -0.122. The van der Waals surface area contributed by atoms with Gasteiger partial charge in [0.15, 0.2) is 5.82 Å². The molecule has 24 heavy (non-hydrogen) atoms. The van der Waals surface area contributed by atoms with Crippen molar-refractivity contribution < 1.29 is 14.3 Å². The number of nitrogens with zero attached hydrogens (tertiary/aromatic N) is 3. The number of methoxy groups -OCH3 is 1. The molecule has 2 rings (SSSR count). The summed E-state index contributed by atoms with van der Waals surface area (Å²) in [6.07, 6.45) is 2.90. The van der Waals surface area contributed by atoms with Crippen LogP contribution in [0.3, 0.4) is 0 Å². The van der Waals surface area contributed by atoms with Crippen molar-refractivity contribution in [3.05, 3.63) is 48.3 Å². The second kappa shape index (κ2) is 8.16. The SMILES string of the molecule is COCCN(C(=O)c1cnc(-c2ccccc2)nc1)[C@@H](C)C(N)=O. The van der Waals surface area contributed by atoms with E-state index in [4.69, 9.17) is 10.5 Å². The zero-order valence-electron chi connectivity index (χ0n) is 13.7. The fraction of sp³-hybridized carbons (Fsp3) is 0.294. The maximum atomic E-state index is 12.6. The van der Waals surface area contributed by atoms with E-state index >= 15 is 0 Å². The highest BCUT2D eigenvalue weighted by atomic mass is 16.5. The number of hydrogen-bond donors (Lipinski definition) is 1.